The average Bonchev–Trinajstić information content (AvgIpc) is 2.28. The first-order chi connectivity index (χ1) is 8.04. The molecule has 90 valence electrons. The molecule has 5 nitrogen and oxygen atoms in total. The van der Waals surface area contributed by atoms with E-state index in [1.807, 2.05) is 0 Å². The normalized spacial score (nSPS) is 9.71. The lowest BCUT2D eigenvalue weighted by Crippen LogP contribution is -2.35. The Labute approximate surface area is 103 Å². The van der Waals surface area contributed by atoms with Crippen LogP contribution in [0.15, 0.2) is 31.0 Å². The Morgan fingerprint density at radius 1 is 1.53 bits per heavy atom. The van der Waals surface area contributed by atoms with Gasteiger partial charge < -0.3 is 10.0 Å². The van der Waals surface area contributed by atoms with Gasteiger partial charge in [0.15, 0.2) is 0 Å². The molecule has 0 aliphatic heterocycles. The van der Waals surface area contributed by atoms with Crippen LogP contribution < -0.4 is 0 Å². The number of aromatic nitrogens is 1. The van der Waals surface area contributed by atoms with Crippen molar-refractivity contribution in [1.82, 2.24) is 9.88 Å². The van der Waals surface area contributed by atoms with E-state index in [9.17, 15) is 9.59 Å². The number of rotatable bonds is 5. The van der Waals surface area contributed by atoms with Crippen LogP contribution in [0.25, 0.3) is 0 Å². The van der Waals surface area contributed by atoms with Crippen LogP contribution in [0.1, 0.15) is 10.4 Å². The zero-order valence-electron chi connectivity index (χ0n) is 8.97. The molecule has 6 heteroatoms. The van der Waals surface area contributed by atoms with Gasteiger partial charge in [0.1, 0.15) is 11.7 Å². The molecule has 1 heterocycles. The molecule has 0 aromatic carbocycles. The van der Waals surface area contributed by atoms with Crippen molar-refractivity contribution in [3.8, 4) is 0 Å². The average molecular weight is 255 g/mol. The van der Waals surface area contributed by atoms with Crippen molar-refractivity contribution in [2.45, 2.75) is 0 Å². The summed E-state index contributed by atoms with van der Waals surface area (Å²) in [6, 6.07) is 2.97. The molecule has 0 bridgehead atoms. The molecule has 17 heavy (non-hydrogen) atoms. The van der Waals surface area contributed by atoms with Gasteiger partial charge in [-0.2, -0.15) is 0 Å². The van der Waals surface area contributed by atoms with Gasteiger partial charge >= 0.3 is 5.97 Å². The van der Waals surface area contributed by atoms with Crippen molar-refractivity contribution < 1.29 is 14.7 Å². The van der Waals surface area contributed by atoms with E-state index in [0.717, 1.165) is 4.90 Å². The van der Waals surface area contributed by atoms with Gasteiger partial charge in [-0.1, -0.05) is 17.7 Å². The minimum atomic E-state index is -1.08. The van der Waals surface area contributed by atoms with Crippen LogP contribution in [-0.2, 0) is 4.79 Å². The minimum Gasteiger partial charge on any atom is -0.480 e. The van der Waals surface area contributed by atoms with Gasteiger partial charge in [-0.15, -0.1) is 6.58 Å². The molecule has 1 N–H and O–H groups in total. The molecule has 1 rings (SSSR count). The number of aliphatic carboxylic acids is 1. The number of hydrogen-bond donors (Lipinski definition) is 1. The molecular formula is C11H11ClN2O3. The maximum absolute atomic E-state index is 11.9. The number of hydrogen-bond acceptors (Lipinski definition) is 3. The van der Waals surface area contributed by atoms with Crippen LogP contribution in [0.3, 0.4) is 0 Å². The number of nitrogens with zero attached hydrogens (tertiary/aromatic N) is 2. The second kappa shape index (κ2) is 6.00. The summed E-state index contributed by atoms with van der Waals surface area (Å²) in [4.78, 5) is 27.4. The number of carboxylic acids is 1. The first-order valence-corrected chi connectivity index (χ1v) is 5.16. The van der Waals surface area contributed by atoms with Crippen molar-refractivity contribution in [3.63, 3.8) is 0 Å². The molecule has 0 saturated carbocycles. The van der Waals surface area contributed by atoms with Crippen LogP contribution in [0.4, 0.5) is 0 Å². The van der Waals surface area contributed by atoms with Crippen molar-refractivity contribution in [2.24, 2.45) is 0 Å². The molecule has 0 spiro atoms. The number of halogens is 1. The number of carbonyl (C=O) groups is 2. The van der Waals surface area contributed by atoms with Gasteiger partial charge in [-0.05, 0) is 12.1 Å². The summed E-state index contributed by atoms with van der Waals surface area (Å²) in [7, 11) is 0. The van der Waals surface area contributed by atoms with Crippen molar-refractivity contribution in [3.05, 3.63) is 41.7 Å². The molecule has 0 saturated heterocycles. The van der Waals surface area contributed by atoms with Crippen LogP contribution in [-0.4, -0.2) is 40.0 Å². The Hall–Kier alpha value is -1.88. The number of carbonyl (C=O) groups excluding carboxylic acids is 1. The highest BCUT2D eigenvalue weighted by Gasteiger charge is 2.17. The molecule has 0 radical (unpaired) electrons. The fourth-order valence-electron chi connectivity index (χ4n) is 1.22. The quantitative estimate of drug-likeness (QED) is 0.638. The lowest BCUT2D eigenvalue weighted by atomic mass is 10.2. The Morgan fingerprint density at radius 3 is 2.71 bits per heavy atom. The van der Waals surface area contributed by atoms with Crippen LogP contribution in [0.5, 0.6) is 0 Å². The third kappa shape index (κ3) is 3.88. The summed E-state index contributed by atoms with van der Waals surface area (Å²) in [5, 5.41) is 8.96. The van der Waals surface area contributed by atoms with E-state index < -0.39 is 11.9 Å². The summed E-state index contributed by atoms with van der Waals surface area (Å²) in [6.07, 6.45) is 2.77. The highest BCUT2D eigenvalue weighted by molar-refractivity contribution is 6.29. The third-order valence-corrected chi connectivity index (χ3v) is 2.16. The highest BCUT2D eigenvalue weighted by Crippen LogP contribution is 2.08. The van der Waals surface area contributed by atoms with E-state index in [4.69, 9.17) is 16.7 Å². The van der Waals surface area contributed by atoms with E-state index in [1.54, 1.807) is 0 Å². The Kier molecular flexibility index (Phi) is 4.66. The predicted octanol–water partition coefficient (Wildman–Crippen LogP) is 1.45. The largest absolute Gasteiger partial charge is 0.480 e. The van der Waals surface area contributed by atoms with Crippen LogP contribution in [0.2, 0.25) is 5.15 Å². The van der Waals surface area contributed by atoms with E-state index in [0.29, 0.717) is 0 Å². The lowest BCUT2D eigenvalue weighted by Gasteiger charge is -2.18. The van der Waals surface area contributed by atoms with Gasteiger partial charge in [-0.25, -0.2) is 4.98 Å². The standard InChI is InChI=1S/C11H11ClN2O3/c1-2-5-14(7-10(15)16)11(17)8-3-4-9(12)13-6-8/h2-4,6H,1,5,7H2,(H,15,16). The highest BCUT2D eigenvalue weighted by atomic mass is 35.5. The molecule has 1 aromatic heterocycles. The summed E-state index contributed by atoms with van der Waals surface area (Å²) >= 11 is 5.60. The lowest BCUT2D eigenvalue weighted by molar-refractivity contribution is -0.137. The van der Waals surface area contributed by atoms with Gasteiger partial charge in [0.25, 0.3) is 5.91 Å². The van der Waals surface area contributed by atoms with Crippen molar-refractivity contribution >= 4 is 23.5 Å². The van der Waals surface area contributed by atoms with E-state index in [1.165, 1.54) is 24.4 Å². The monoisotopic (exact) mass is 254 g/mol. The SMILES string of the molecule is C=CCN(CC(=O)O)C(=O)c1ccc(Cl)nc1. The number of amides is 1. The van der Waals surface area contributed by atoms with E-state index in [2.05, 4.69) is 11.6 Å². The fraction of sp³-hybridized carbons (Fsp3) is 0.182. The molecular weight excluding hydrogens is 244 g/mol. The summed E-state index contributed by atoms with van der Waals surface area (Å²) < 4.78 is 0. The summed E-state index contributed by atoms with van der Waals surface area (Å²) in [6.45, 7) is 3.25. The van der Waals surface area contributed by atoms with Crippen molar-refractivity contribution in [1.29, 1.82) is 0 Å². The third-order valence-electron chi connectivity index (χ3n) is 1.94. The number of pyridine rings is 1. The molecule has 1 amide bonds. The molecule has 0 atom stereocenters. The summed E-state index contributed by atoms with van der Waals surface area (Å²) in [5.41, 5.74) is 0.289. The van der Waals surface area contributed by atoms with Gasteiger partial charge in [-0.3, -0.25) is 9.59 Å². The number of carboxylic acid groups (broad SMARTS) is 1. The second-order valence-electron chi connectivity index (χ2n) is 3.24. The van der Waals surface area contributed by atoms with E-state index >= 15 is 0 Å². The predicted molar refractivity (Wildman–Crippen MR) is 63.0 cm³/mol. The second-order valence-corrected chi connectivity index (χ2v) is 3.62. The molecule has 0 aliphatic carbocycles. The Morgan fingerprint density at radius 2 is 2.24 bits per heavy atom. The van der Waals surface area contributed by atoms with Gasteiger partial charge in [0, 0.05) is 12.7 Å². The molecule has 1 aromatic rings. The van der Waals surface area contributed by atoms with Gasteiger partial charge in [0.2, 0.25) is 0 Å². The maximum Gasteiger partial charge on any atom is 0.323 e. The maximum atomic E-state index is 11.9. The zero-order valence-corrected chi connectivity index (χ0v) is 9.72. The van der Waals surface area contributed by atoms with Crippen molar-refractivity contribution in [2.75, 3.05) is 13.1 Å². The zero-order chi connectivity index (χ0) is 12.8. The smallest absolute Gasteiger partial charge is 0.323 e. The Bertz CT molecular complexity index is 431. The van der Waals surface area contributed by atoms with Crippen LogP contribution >= 0.6 is 11.6 Å². The summed E-state index contributed by atoms with van der Waals surface area (Å²) in [5.74, 6) is -1.50. The molecule has 0 aliphatic rings. The van der Waals surface area contributed by atoms with Crippen LogP contribution in [0, 0.1) is 0 Å². The Balaban J connectivity index is 2.86. The van der Waals surface area contributed by atoms with Gasteiger partial charge in [0.05, 0.1) is 5.56 Å². The fourth-order valence-corrected chi connectivity index (χ4v) is 1.34. The molecule has 0 fully saturated rings. The molecule has 0 unspecified atom stereocenters. The minimum absolute atomic E-state index is 0.160. The topological polar surface area (TPSA) is 70.5 Å². The van der Waals surface area contributed by atoms with E-state index in [-0.39, 0.29) is 23.8 Å². The first kappa shape index (κ1) is 13.2. The first-order valence-electron chi connectivity index (χ1n) is 4.78.